The van der Waals surface area contributed by atoms with Crippen LogP contribution in [0.5, 0.6) is 0 Å². The van der Waals surface area contributed by atoms with Gasteiger partial charge < -0.3 is 15.8 Å². The van der Waals surface area contributed by atoms with Gasteiger partial charge in [-0.3, -0.25) is 4.79 Å². The van der Waals surface area contributed by atoms with Gasteiger partial charge >= 0.3 is 0 Å². The molecule has 1 aromatic rings. The second-order valence-electron chi connectivity index (χ2n) is 3.73. The fraction of sp³-hybridized carbons (Fsp3) is 0.545. The predicted octanol–water partition coefficient (Wildman–Crippen LogP) is 0.955. The minimum Gasteiger partial charge on any atom is -0.383 e. The van der Waals surface area contributed by atoms with Crippen molar-refractivity contribution in [1.29, 1.82) is 0 Å². The molecule has 0 aliphatic carbocycles. The van der Waals surface area contributed by atoms with Gasteiger partial charge in [0.1, 0.15) is 6.04 Å². The van der Waals surface area contributed by atoms with Crippen molar-refractivity contribution in [2.75, 3.05) is 13.7 Å². The highest BCUT2D eigenvalue weighted by Crippen LogP contribution is 2.20. The SMILES string of the molecule is COCC(N)C(=O)NCc1cc(C)c(C)s1. The number of hydrogen-bond acceptors (Lipinski definition) is 4. The molecule has 0 bridgehead atoms. The molecule has 3 N–H and O–H groups in total. The Labute approximate surface area is 99.8 Å². The zero-order valence-electron chi connectivity index (χ0n) is 9.87. The number of carbonyl (C=O) groups is 1. The van der Waals surface area contributed by atoms with Crippen LogP contribution in [0.1, 0.15) is 15.3 Å². The summed E-state index contributed by atoms with van der Waals surface area (Å²) in [5.74, 6) is -0.175. The van der Waals surface area contributed by atoms with Gasteiger partial charge in [0.15, 0.2) is 0 Å². The summed E-state index contributed by atoms with van der Waals surface area (Å²) in [6.45, 7) is 4.92. The van der Waals surface area contributed by atoms with E-state index in [0.717, 1.165) is 4.88 Å². The number of nitrogens with one attached hydrogen (secondary N) is 1. The molecule has 1 rings (SSSR count). The van der Waals surface area contributed by atoms with Crippen LogP contribution < -0.4 is 11.1 Å². The summed E-state index contributed by atoms with van der Waals surface area (Å²) in [4.78, 5) is 13.9. The lowest BCUT2D eigenvalue weighted by atomic mass is 10.3. The number of rotatable bonds is 5. The maximum atomic E-state index is 11.5. The summed E-state index contributed by atoms with van der Waals surface area (Å²) in [5, 5.41) is 2.79. The summed E-state index contributed by atoms with van der Waals surface area (Å²) in [6.07, 6.45) is 0. The average molecular weight is 242 g/mol. The van der Waals surface area contributed by atoms with Crippen LogP contribution in [0.15, 0.2) is 6.07 Å². The fourth-order valence-corrected chi connectivity index (χ4v) is 2.29. The van der Waals surface area contributed by atoms with Crippen LogP contribution in [0, 0.1) is 13.8 Å². The highest BCUT2D eigenvalue weighted by atomic mass is 32.1. The van der Waals surface area contributed by atoms with E-state index in [1.165, 1.54) is 17.6 Å². The van der Waals surface area contributed by atoms with E-state index in [0.29, 0.717) is 6.54 Å². The summed E-state index contributed by atoms with van der Waals surface area (Å²) in [5.41, 5.74) is 6.85. The third-order valence-corrected chi connectivity index (χ3v) is 3.49. The van der Waals surface area contributed by atoms with Gasteiger partial charge in [-0.1, -0.05) is 0 Å². The van der Waals surface area contributed by atoms with Gasteiger partial charge in [0.25, 0.3) is 0 Å². The van der Waals surface area contributed by atoms with E-state index < -0.39 is 6.04 Å². The van der Waals surface area contributed by atoms with Gasteiger partial charge in [0.05, 0.1) is 13.2 Å². The quantitative estimate of drug-likeness (QED) is 0.808. The van der Waals surface area contributed by atoms with Gasteiger partial charge in [0.2, 0.25) is 5.91 Å². The highest BCUT2D eigenvalue weighted by molar-refractivity contribution is 7.12. The average Bonchev–Trinajstić information content (AvgIpc) is 2.55. The Balaban J connectivity index is 2.42. The first-order chi connectivity index (χ1) is 7.54. The van der Waals surface area contributed by atoms with Crippen molar-refractivity contribution in [3.63, 3.8) is 0 Å². The zero-order chi connectivity index (χ0) is 12.1. The number of thiophene rings is 1. The molecule has 1 aromatic heterocycles. The Bertz CT molecular complexity index is 343. The second-order valence-corrected chi connectivity index (χ2v) is 5.07. The summed E-state index contributed by atoms with van der Waals surface area (Å²) >= 11 is 1.69. The third-order valence-electron chi connectivity index (χ3n) is 2.34. The molecule has 1 heterocycles. The van der Waals surface area contributed by atoms with Gasteiger partial charge in [-0.05, 0) is 25.5 Å². The standard InChI is InChI=1S/C11H18N2O2S/c1-7-4-9(16-8(7)2)5-13-11(14)10(12)6-15-3/h4,10H,5-6,12H2,1-3H3,(H,13,14). The third kappa shape index (κ3) is 3.59. The molecule has 1 unspecified atom stereocenters. The van der Waals surface area contributed by atoms with Gasteiger partial charge in [-0.25, -0.2) is 0 Å². The molecule has 16 heavy (non-hydrogen) atoms. The number of methoxy groups -OCH3 is 1. The van der Waals surface area contributed by atoms with E-state index in [9.17, 15) is 4.79 Å². The highest BCUT2D eigenvalue weighted by Gasteiger charge is 2.12. The topological polar surface area (TPSA) is 64.3 Å². The second kappa shape index (κ2) is 5.98. The van der Waals surface area contributed by atoms with E-state index >= 15 is 0 Å². The molecular formula is C11H18N2O2S. The van der Waals surface area contributed by atoms with Crippen molar-refractivity contribution in [3.8, 4) is 0 Å². The van der Waals surface area contributed by atoms with Gasteiger partial charge in [0, 0.05) is 16.9 Å². The molecule has 0 spiro atoms. The molecule has 5 heteroatoms. The minimum absolute atomic E-state index is 0.175. The lowest BCUT2D eigenvalue weighted by Gasteiger charge is -2.10. The number of carbonyl (C=O) groups excluding carboxylic acids is 1. The number of ether oxygens (including phenoxy) is 1. The molecule has 0 radical (unpaired) electrons. The first kappa shape index (κ1) is 13.2. The Hall–Kier alpha value is -0.910. The van der Waals surface area contributed by atoms with Crippen LogP contribution in [0.3, 0.4) is 0 Å². The minimum atomic E-state index is -0.591. The Kier molecular flexibility index (Phi) is 4.92. The Morgan fingerprint density at radius 2 is 2.31 bits per heavy atom. The van der Waals surface area contributed by atoms with E-state index in [1.54, 1.807) is 11.3 Å². The van der Waals surface area contributed by atoms with Crippen molar-refractivity contribution >= 4 is 17.2 Å². The molecule has 4 nitrogen and oxygen atoms in total. The molecule has 1 amide bonds. The number of aryl methyl sites for hydroxylation is 2. The Morgan fingerprint density at radius 1 is 1.62 bits per heavy atom. The molecular weight excluding hydrogens is 224 g/mol. The van der Waals surface area contributed by atoms with Crippen molar-refractivity contribution in [1.82, 2.24) is 5.32 Å². The monoisotopic (exact) mass is 242 g/mol. The lowest BCUT2D eigenvalue weighted by Crippen LogP contribution is -2.43. The lowest BCUT2D eigenvalue weighted by molar-refractivity contribution is -0.123. The zero-order valence-corrected chi connectivity index (χ0v) is 10.7. The largest absolute Gasteiger partial charge is 0.383 e. The van der Waals surface area contributed by atoms with E-state index in [4.69, 9.17) is 10.5 Å². The van der Waals surface area contributed by atoms with E-state index in [1.807, 2.05) is 0 Å². The maximum Gasteiger partial charge on any atom is 0.239 e. The molecule has 0 aliphatic heterocycles. The van der Waals surface area contributed by atoms with Crippen LogP contribution in [0.2, 0.25) is 0 Å². The smallest absolute Gasteiger partial charge is 0.239 e. The van der Waals surface area contributed by atoms with Crippen LogP contribution >= 0.6 is 11.3 Å². The van der Waals surface area contributed by atoms with Gasteiger partial charge in [-0.2, -0.15) is 0 Å². The molecule has 0 aliphatic rings. The summed E-state index contributed by atoms with van der Waals surface area (Å²) in [6, 6.07) is 1.49. The van der Waals surface area contributed by atoms with E-state index in [-0.39, 0.29) is 12.5 Å². The Morgan fingerprint density at radius 3 is 2.81 bits per heavy atom. The normalized spacial score (nSPS) is 12.5. The molecule has 0 saturated carbocycles. The van der Waals surface area contributed by atoms with Crippen molar-refractivity contribution in [3.05, 3.63) is 21.4 Å². The first-order valence-electron chi connectivity index (χ1n) is 5.12. The van der Waals surface area contributed by atoms with Crippen molar-refractivity contribution in [2.24, 2.45) is 5.73 Å². The molecule has 1 atom stereocenters. The maximum absolute atomic E-state index is 11.5. The van der Waals surface area contributed by atoms with Crippen molar-refractivity contribution < 1.29 is 9.53 Å². The number of amides is 1. The van der Waals surface area contributed by atoms with Crippen LogP contribution in [-0.2, 0) is 16.1 Å². The molecule has 90 valence electrons. The van der Waals surface area contributed by atoms with Crippen LogP contribution in [0.4, 0.5) is 0 Å². The van der Waals surface area contributed by atoms with Crippen LogP contribution in [0.25, 0.3) is 0 Å². The molecule has 0 aromatic carbocycles. The molecule has 0 saturated heterocycles. The van der Waals surface area contributed by atoms with Crippen LogP contribution in [-0.4, -0.2) is 25.7 Å². The summed E-state index contributed by atoms with van der Waals surface area (Å²) in [7, 11) is 1.53. The number of hydrogen-bond donors (Lipinski definition) is 2. The van der Waals surface area contributed by atoms with Crippen molar-refractivity contribution in [2.45, 2.75) is 26.4 Å². The van der Waals surface area contributed by atoms with E-state index in [2.05, 4.69) is 25.2 Å². The molecule has 0 fully saturated rings. The number of nitrogens with two attached hydrogens (primary N) is 1. The fourth-order valence-electron chi connectivity index (χ4n) is 1.30. The summed E-state index contributed by atoms with van der Waals surface area (Å²) < 4.78 is 4.82. The van der Waals surface area contributed by atoms with Gasteiger partial charge in [-0.15, -0.1) is 11.3 Å². The first-order valence-corrected chi connectivity index (χ1v) is 5.94. The predicted molar refractivity (Wildman–Crippen MR) is 65.5 cm³/mol.